The lowest BCUT2D eigenvalue weighted by Crippen LogP contribution is -2.23. The van der Waals surface area contributed by atoms with Crippen LogP contribution in [0.1, 0.15) is 13.8 Å². The normalized spacial score (nSPS) is 19.3. The van der Waals surface area contributed by atoms with E-state index in [-0.39, 0.29) is 11.2 Å². The van der Waals surface area contributed by atoms with Crippen molar-refractivity contribution in [1.29, 1.82) is 0 Å². The largest absolute Gasteiger partial charge is 0.271 e. The highest BCUT2D eigenvalue weighted by Gasteiger charge is 2.23. The third-order valence-electron chi connectivity index (χ3n) is 2.22. The summed E-state index contributed by atoms with van der Waals surface area (Å²) in [5.74, 6) is 0.889. The van der Waals surface area contributed by atoms with Crippen molar-refractivity contribution in [3.05, 3.63) is 30.1 Å². The highest BCUT2D eigenvalue weighted by molar-refractivity contribution is 8.39. The van der Waals surface area contributed by atoms with Crippen LogP contribution < -0.4 is 0 Å². The van der Waals surface area contributed by atoms with Crippen LogP contribution in [0.5, 0.6) is 0 Å². The molecule has 0 aromatic heterocycles. The third-order valence-corrected chi connectivity index (χ3v) is 4.92. The molecule has 0 spiro atoms. The predicted octanol–water partition coefficient (Wildman–Crippen LogP) is 4.05. The maximum Gasteiger partial charge on any atom is 0.129 e. The van der Waals surface area contributed by atoms with E-state index in [1.54, 1.807) is 35.7 Å². The van der Waals surface area contributed by atoms with E-state index in [0.29, 0.717) is 0 Å². The molecule has 1 aliphatic rings. The molecule has 0 amide bonds. The molecule has 1 heterocycles. The molecule has 0 radical (unpaired) electrons. The summed E-state index contributed by atoms with van der Waals surface area (Å²) >= 11 is 3.31. The van der Waals surface area contributed by atoms with Gasteiger partial charge in [-0.05, 0) is 23.6 Å². The lowest BCUT2D eigenvalue weighted by molar-refractivity contribution is 0.438. The number of benzene rings is 1. The molecule has 4 heteroatoms. The molecule has 0 atom stereocenters. The average Bonchev–Trinajstić information content (AvgIpc) is 2.21. The Balaban J connectivity index is 2.04. The van der Waals surface area contributed by atoms with Gasteiger partial charge in [-0.3, -0.25) is 4.99 Å². The van der Waals surface area contributed by atoms with Crippen molar-refractivity contribution in [2.75, 3.05) is 12.3 Å². The Kier molecular flexibility index (Phi) is 3.60. The maximum atomic E-state index is 13.0. The second-order valence-electron chi connectivity index (χ2n) is 4.59. The Morgan fingerprint density at radius 1 is 1.44 bits per heavy atom. The lowest BCUT2D eigenvalue weighted by Gasteiger charge is -2.26. The van der Waals surface area contributed by atoms with Gasteiger partial charge in [0.2, 0.25) is 0 Å². The Hall–Kier alpha value is -0.480. The topological polar surface area (TPSA) is 12.4 Å². The highest BCUT2D eigenvalue weighted by atomic mass is 32.2. The minimum Gasteiger partial charge on any atom is -0.271 e. The Morgan fingerprint density at radius 3 is 2.88 bits per heavy atom. The Labute approximate surface area is 104 Å². The first-order valence-electron chi connectivity index (χ1n) is 5.16. The second kappa shape index (κ2) is 4.80. The zero-order valence-corrected chi connectivity index (χ0v) is 11.0. The summed E-state index contributed by atoms with van der Waals surface area (Å²) < 4.78 is 14.0. The van der Waals surface area contributed by atoms with Crippen molar-refractivity contribution in [3.63, 3.8) is 0 Å². The molecule has 0 aliphatic carbocycles. The first kappa shape index (κ1) is 12.0. The predicted molar refractivity (Wildman–Crippen MR) is 70.8 cm³/mol. The molecule has 1 aromatic carbocycles. The van der Waals surface area contributed by atoms with Gasteiger partial charge in [0.1, 0.15) is 10.2 Å². The monoisotopic (exact) mass is 255 g/mol. The molecular formula is C12H14FNS2. The van der Waals surface area contributed by atoms with Crippen LogP contribution in [0.3, 0.4) is 0 Å². The summed E-state index contributed by atoms with van der Waals surface area (Å²) in [4.78, 5) is 5.45. The Morgan fingerprint density at radius 2 is 2.25 bits per heavy atom. The summed E-state index contributed by atoms with van der Waals surface area (Å²) in [5, 5.41) is 0. The number of hydrogen-bond acceptors (Lipinski definition) is 3. The van der Waals surface area contributed by atoms with Crippen LogP contribution >= 0.6 is 23.5 Å². The van der Waals surface area contributed by atoms with Crippen LogP contribution in [0.25, 0.3) is 0 Å². The molecule has 1 nitrogen and oxygen atoms in total. The van der Waals surface area contributed by atoms with Crippen molar-refractivity contribution < 1.29 is 4.39 Å². The molecule has 1 aliphatic heterocycles. The van der Waals surface area contributed by atoms with Crippen LogP contribution in [0.4, 0.5) is 4.39 Å². The molecule has 16 heavy (non-hydrogen) atoms. The highest BCUT2D eigenvalue weighted by Crippen LogP contribution is 2.34. The zero-order valence-electron chi connectivity index (χ0n) is 9.37. The van der Waals surface area contributed by atoms with E-state index < -0.39 is 0 Å². The van der Waals surface area contributed by atoms with Crippen molar-refractivity contribution in [1.82, 2.24) is 0 Å². The number of nitrogens with zero attached hydrogens (tertiary/aromatic N) is 1. The Bertz CT molecular complexity index is 415. The van der Waals surface area contributed by atoms with E-state index >= 15 is 0 Å². The molecule has 86 valence electrons. The van der Waals surface area contributed by atoms with Crippen LogP contribution in [-0.2, 0) is 0 Å². The summed E-state index contributed by atoms with van der Waals surface area (Å²) in [5.41, 5.74) is 0.288. The SMILES string of the molecule is CC1(C)CN=C(Sc2cccc(F)c2)SC1. The van der Waals surface area contributed by atoms with Crippen molar-refractivity contribution in [3.8, 4) is 0 Å². The molecular weight excluding hydrogens is 241 g/mol. The lowest BCUT2D eigenvalue weighted by atomic mass is 9.97. The molecule has 2 rings (SSSR count). The van der Waals surface area contributed by atoms with Gasteiger partial charge in [0.05, 0.1) is 0 Å². The van der Waals surface area contributed by atoms with Gasteiger partial charge < -0.3 is 0 Å². The van der Waals surface area contributed by atoms with E-state index in [1.807, 2.05) is 6.07 Å². The standard InChI is InChI=1S/C12H14FNS2/c1-12(2)7-14-11(15-8-12)16-10-5-3-4-9(13)6-10/h3-6H,7-8H2,1-2H3. The minimum absolute atomic E-state index is 0.188. The van der Waals surface area contributed by atoms with Crippen LogP contribution in [0.15, 0.2) is 34.2 Å². The molecule has 0 saturated heterocycles. The van der Waals surface area contributed by atoms with Gasteiger partial charge in [-0.25, -0.2) is 4.39 Å². The van der Waals surface area contributed by atoms with Gasteiger partial charge in [0.15, 0.2) is 0 Å². The van der Waals surface area contributed by atoms with Crippen molar-refractivity contribution >= 4 is 27.9 Å². The average molecular weight is 255 g/mol. The number of halogens is 1. The summed E-state index contributed by atoms with van der Waals surface area (Å²) in [7, 11) is 0. The van der Waals surface area contributed by atoms with Crippen LogP contribution in [0, 0.1) is 11.2 Å². The van der Waals surface area contributed by atoms with E-state index in [9.17, 15) is 4.39 Å². The van der Waals surface area contributed by atoms with E-state index in [2.05, 4.69) is 18.8 Å². The van der Waals surface area contributed by atoms with E-state index in [1.165, 1.54) is 6.07 Å². The number of hydrogen-bond donors (Lipinski definition) is 0. The zero-order chi connectivity index (χ0) is 11.6. The molecule has 0 saturated carbocycles. The van der Waals surface area contributed by atoms with Gasteiger partial charge >= 0.3 is 0 Å². The second-order valence-corrected chi connectivity index (χ2v) is 6.88. The number of rotatable bonds is 1. The fraction of sp³-hybridized carbons (Fsp3) is 0.417. The molecule has 0 N–H and O–H groups in total. The molecule has 0 bridgehead atoms. The maximum absolute atomic E-state index is 13.0. The van der Waals surface area contributed by atoms with E-state index in [4.69, 9.17) is 0 Å². The van der Waals surface area contributed by atoms with Crippen LogP contribution in [-0.4, -0.2) is 16.7 Å². The smallest absolute Gasteiger partial charge is 0.129 e. The van der Waals surface area contributed by atoms with Gasteiger partial charge in [-0.1, -0.05) is 43.4 Å². The van der Waals surface area contributed by atoms with Gasteiger partial charge in [0.25, 0.3) is 0 Å². The van der Waals surface area contributed by atoms with Crippen molar-refractivity contribution in [2.24, 2.45) is 10.4 Å². The van der Waals surface area contributed by atoms with Gasteiger partial charge in [-0.15, -0.1) is 0 Å². The summed E-state index contributed by atoms with van der Waals surface area (Å²) in [6, 6.07) is 6.66. The first-order valence-corrected chi connectivity index (χ1v) is 6.96. The fourth-order valence-electron chi connectivity index (χ4n) is 1.32. The minimum atomic E-state index is -0.188. The summed E-state index contributed by atoms with van der Waals surface area (Å²) in [6.45, 7) is 5.29. The third kappa shape index (κ3) is 3.25. The van der Waals surface area contributed by atoms with Gasteiger partial charge in [-0.2, -0.15) is 0 Å². The molecule has 0 unspecified atom stereocenters. The van der Waals surface area contributed by atoms with Crippen molar-refractivity contribution in [2.45, 2.75) is 18.7 Å². The quantitative estimate of drug-likeness (QED) is 0.750. The summed E-state index contributed by atoms with van der Waals surface area (Å²) in [6.07, 6.45) is 0. The van der Waals surface area contributed by atoms with Crippen LogP contribution in [0.2, 0.25) is 0 Å². The molecule has 0 fully saturated rings. The fourth-order valence-corrected chi connectivity index (χ4v) is 3.43. The van der Waals surface area contributed by atoms with Gasteiger partial charge in [0, 0.05) is 17.2 Å². The van der Waals surface area contributed by atoms with E-state index in [0.717, 1.165) is 21.6 Å². The first-order chi connectivity index (χ1) is 7.55. The number of thioether (sulfide) groups is 2. The number of aliphatic imine (C=N–C) groups is 1. The molecule has 1 aromatic rings.